The molecule has 1 aliphatic rings. The van der Waals surface area contributed by atoms with Gasteiger partial charge in [-0.15, -0.1) is 11.8 Å². The lowest BCUT2D eigenvalue weighted by atomic mass is 10.2. The summed E-state index contributed by atoms with van der Waals surface area (Å²) < 4.78 is 5.78. The fourth-order valence-corrected chi connectivity index (χ4v) is 3.78. The number of hydrogen-bond donors (Lipinski definition) is 2. The second-order valence-electron chi connectivity index (χ2n) is 6.03. The number of carbonyl (C=O) groups excluding carboxylic acids is 1. The molecule has 140 valence electrons. The van der Waals surface area contributed by atoms with Gasteiger partial charge in [0.05, 0.1) is 5.69 Å². The normalized spacial score (nSPS) is 15.7. The van der Waals surface area contributed by atoms with Crippen LogP contribution in [0.2, 0.25) is 0 Å². The minimum atomic E-state index is -0.539. The number of phenolic OH excluding ortho intramolecular Hbond substituents is 1. The maximum atomic E-state index is 12.7. The average Bonchev–Trinajstić information content (AvgIpc) is 3.21. The summed E-state index contributed by atoms with van der Waals surface area (Å²) in [6.45, 7) is 0. The molecule has 6 nitrogen and oxygen atoms in total. The fraction of sp³-hybridized carbons (Fsp3) is 0.0952. The molecule has 0 saturated carbocycles. The summed E-state index contributed by atoms with van der Waals surface area (Å²) in [6, 6.07) is 19.0. The van der Waals surface area contributed by atoms with Gasteiger partial charge in [0.1, 0.15) is 16.8 Å². The lowest BCUT2D eigenvalue weighted by molar-refractivity contribution is -0.116. The van der Waals surface area contributed by atoms with Gasteiger partial charge in [-0.25, -0.2) is 4.98 Å². The van der Waals surface area contributed by atoms with E-state index in [4.69, 9.17) is 4.74 Å². The first-order valence-corrected chi connectivity index (χ1v) is 9.67. The molecule has 4 rings (SSSR count). The third kappa shape index (κ3) is 3.99. The summed E-state index contributed by atoms with van der Waals surface area (Å²) in [4.78, 5) is 21.3. The largest absolute Gasteiger partial charge is 0.507 e. The van der Waals surface area contributed by atoms with Gasteiger partial charge in [-0.1, -0.05) is 30.3 Å². The highest BCUT2D eigenvalue weighted by molar-refractivity contribution is 8.14. The quantitative estimate of drug-likeness (QED) is 0.685. The number of nitrogens with zero attached hydrogens (tertiary/aromatic N) is 2. The van der Waals surface area contributed by atoms with E-state index in [2.05, 4.69) is 15.3 Å². The first kappa shape index (κ1) is 18.1. The van der Waals surface area contributed by atoms with Crippen LogP contribution in [0.25, 0.3) is 0 Å². The molecule has 2 aromatic carbocycles. The van der Waals surface area contributed by atoms with Gasteiger partial charge < -0.3 is 15.2 Å². The van der Waals surface area contributed by atoms with Crippen LogP contribution in [0.3, 0.4) is 0 Å². The van der Waals surface area contributed by atoms with Crippen LogP contribution < -0.4 is 10.1 Å². The monoisotopic (exact) mass is 391 g/mol. The summed E-state index contributed by atoms with van der Waals surface area (Å²) in [5, 5.41) is 13.5. The third-order valence-corrected chi connectivity index (χ3v) is 5.17. The van der Waals surface area contributed by atoms with Crippen LogP contribution in [-0.4, -0.2) is 32.8 Å². The number of aromatic hydroxyl groups is 1. The van der Waals surface area contributed by atoms with E-state index in [9.17, 15) is 9.90 Å². The average molecular weight is 391 g/mol. The van der Waals surface area contributed by atoms with E-state index >= 15 is 0 Å². The summed E-state index contributed by atoms with van der Waals surface area (Å²) in [5.74, 6) is 1.39. The van der Waals surface area contributed by atoms with Gasteiger partial charge in [-0.3, -0.25) is 9.79 Å². The molecule has 1 aromatic heterocycles. The molecule has 0 saturated heterocycles. The molecule has 0 fully saturated rings. The van der Waals surface area contributed by atoms with Crippen LogP contribution in [0, 0.1) is 0 Å². The SMILES string of the molecule is O=C(Nc1ccccc1Oc1ccccn1)C1CSC(c2ccccc2O)=N1. The molecule has 0 bridgehead atoms. The first-order valence-electron chi connectivity index (χ1n) is 8.68. The Kier molecular flexibility index (Phi) is 5.25. The lowest BCUT2D eigenvalue weighted by Crippen LogP contribution is -2.26. The Morgan fingerprint density at radius 3 is 2.68 bits per heavy atom. The molecule has 2 heterocycles. The number of anilines is 1. The van der Waals surface area contributed by atoms with Gasteiger partial charge in [-0.05, 0) is 30.3 Å². The molecule has 3 aromatic rings. The zero-order chi connectivity index (χ0) is 19.3. The zero-order valence-corrected chi connectivity index (χ0v) is 15.6. The van der Waals surface area contributed by atoms with E-state index in [1.54, 1.807) is 48.7 Å². The number of amides is 1. The van der Waals surface area contributed by atoms with E-state index in [-0.39, 0.29) is 11.7 Å². The molecule has 1 unspecified atom stereocenters. The Morgan fingerprint density at radius 2 is 1.86 bits per heavy atom. The van der Waals surface area contributed by atoms with Crippen molar-refractivity contribution in [1.29, 1.82) is 0 Å². The molecule has 1 aliphatic heterocycles. The van der Waals surface area contributed by atoms with Crippen LogP contribution in [-0.2, 0) is 4.79 Å². The highest BCUT2D eigenvalue weighted by atomic mass is 32.2. The van der Waals surface area contributed by atoms with Crippen molar-refractivity contribution in [1.82, 2.24) is 4.98 Å². The van der Waals surface area contributed by atoms with Crippen LogP contribution in [0.4, 0.5) is 5.69 Å². The molecule has 1 amide bonds. The highest BCUT2D eigenvalue weighted by Gasteiger charge is 2.27. The second kappa shape index (κ2) is 8.14. The first-order chi connectivity index (χ1) is 13.7. The van der Waals surface area contributed by atoms with Crippen LogP contribution in [0.1, 0.15) is 5.56 Å². The number of pyridine rings is 1. The van der Waals surface area contributed by atoms with E-state index in [1.807, 2.05) is 24.3 Å². The van der Waals surface area contributed by atoms with Crippen molar-refractivity contribution in [3.8, 4) is 17.4 Å². The number of ether oxygens (including phenoxy) is 1. The van der Waals surface area contributed by atoms with Crippen LogP contribution in [0.15, 0.2) is 77.9 Å². The summed E-state index contributed by atoms with van der Waals surface area (Å²) in [5.41, 5.74) is 1.19. The minimum Gasteiger partial charge on any atom is -0.507 e. The summed E-state index contributed by atoms with van der Waals surface area (Å²) in [6.07, 6.45) is 1.64. The number of thioether (sulfide) groups is 1. The second-order valence-corrected chi connectivity index (χ2v) is 7.04. The molecule has 0 aliphatic carbocycles. The van der Waals surface area contributed by atoms with E-state index in [0.29, 0.717) is 33.7 Å². The molecule has 0 spiro atoms. The predicted octanol–water partition coefficient (Wildman–Crippen LogP) is 4.08. The number of rotatable bonds is 5. The molecule has 7 heteroatoms. The van der Waals surface area contributed by atoms with Gasteiger partial charge in [0, 0.05) is 23.6 Å². The smallest absolute Gasteiger partial charge is 0.250 e. The van der Waals surface area contributed by atoms with Crippen molar-refractivity contribution in [2.45, 2.75) is 6.04 Å². The molecule has 2 N–H and O–H groups in total. The van der Waals surface area contributed by atoms with Crippen molar-refractivity contribution >= 4 is 28.4 Å². The van der Waals surface area contributed by atoms with Crippen molar-refractivity contribution in [3.63, 3.8) is 0 Å². The number of aliphatic imine (C=N–C) groups is 1. The molecular formula is C21H17N3O3S. The Hall–Kier alpha value is -3.32. The number of phenols is 1. The number of hydrogen-bond acceptors (Lipinski definition) is 6. The third-order valence-electron chi connectivity index (χ3n) is 4.09. The summed E-state index contributed by atoms with van der Waals surface area (Å²) in [7, 11) is 0. The molecule has 28 heavy (non-hydrogen) atoms. The highest BCUT2D eigenvalue weighted by Crippen LogP contribution is 2.31. The predicted molar refractivity (Wildman–Crippen MR) is 110 cm³/mol. The number of para-hydroxylation sites is 3. The Morgan fingerprint density at radius 1 is 1.07 bits per heavy atom. The van der Waals surface area contributed by atoms with Crippen molar-refractivity contribution in [2.75, 3.05) is 11.1 Å². The van der Waals surface area contributed by atoms with Crippen molar-refractivity contribution in [2.24, 2.45) is 4.99 Å². The van der Waals surface area contributed by atoms with E-state index in [1.165, 1.54) is 11.8 Å². The van der Waals surface area contributed by atoms with Crippen molar-refractivity contribution in [3.05, 3.63) is 78.5 Å². The fourth-order valence-electron chi connectivity index (χ4n) is 2.71. The summed E-state index contributed by atoms with van der Waals surface area (Å²) >= 11 is 1.45. The van der Waals surface area contributed by atoms with Gasteiger partial charge in [0.15, 0.2) is 5.75 Å². The van der Waals surface area contributed by atoms with E-state index in [0.717, 1.165) is 0 Å². The molecular weight excluding hydrogens is 374 g/mol. The van der Waals surface area contributed by atoms with Crippen molar-refractivity contribution < 1.29 is 14.6 Å². The number of nitrogens with one attached hydrogen (secondary N) is 1. The zero-order valence-electron chi connectivity index (χ0n) is 14.8. The lowest BCUT2D eigenvalue weighted by Gasteiger charge is -2.13. The molecule has 0 radical (unpaired) electrons. The number of benzene rings is 2. The molecule has 1 atom stereocenters. The number of aromatic nitrogens is 1. The van der Waals surface area contributed by atoms with Gasteiger partial charge in [-0.2, -0.15) is 0 Å². The van der Waals surface area contributed by atoms with Crippen LogP contribution in [0.5, 0.6) is 17.4 Å². The maximum absolute atomic E-state index is 12.7. The van der Waals surface area contributed by atoms with Gasteiger partial charge >= 0.3 is 0 Å². The Bertz CT molecular complexity index is 1020. The van der Waals surface area contributed by atoms with E-state index < -0.39 is 6.04 Å². The van der Waals surface area contributed by atoms with Gasteiger partial charge in [0.25, 0.3) is 0 Å². The van der Waals surface area contributed by atoms with Gasteiger partial charge in [0.2, 0.25) is 11.8 Å². The Balaban J connectivity index is 1.50. The topological polar surface area (TPSA) is 83.8 Å². The number of carbonyl (C=O) groups is 1. The minimum absolute atomic E-state index is 0.156. The maximum Gasteiger partial charge on any atom is 0.250 e. The standard InChI is InChI=1S/C21H17N3O3S/c25-17-9-3-1-7-14(17)21-24-16(13-28-21)20(26)23-15-8-2-4-10-18(15)27-19-11-5-6-12-22-19/h1-12,16,25H,13H2,(H,23,26). The Labute approximate surface area is 166 Å². The van der Waals surface area contributed by atoms with Crippen LogP contribution >= 0.6 is 11.8 Å².